The second-order valence-electron chi connectivity index (χ2n) is 5.70. The molecule has 2 N–H and O–H groups in total. The molecule has 2 saturated heterocycles. The molecule has 0 saturated carbocycles. The van der Waals surface area contributed by atoms with E-state index in [0.717, 1.165) is 50.9 Å². The Morgan fingerprint density at radius 2 is 2.04 bits per heavy atom. The van der Waals surface area contributed by atoms with E-state index >= 15 is 0 Å². The standard InChI is InChI=1S/C15H22N4O2.2ClH/c1-11(12-8-16-9-12)15(20)18-13-2-3-14(17-10-13)19-4-6-21-7-5-19;;/h2-3,10-12,16H,4-9H2,1H3,(H,18,20);2*1H. The second-order valence-corrected chi connectivity index (χ2v) is 5.70. The van der Waals surface area contributed by atoms with Gasteiger partial charge in [-0.05, 0) is 31.1 Å². The molecule has 0 bridgehead atoms. The fourth-order valence-electron chi connectivity index (χ4n) is 2.57. The van der Waals surface area contributed by atoms with E-state index in [0.29, 0.717) is 5.92 Å². The smallest absolute Gasteiger partial charge is 0.227 e. The van der Waals surface area contributed by atoms with Crippen LogP contribution in [0.1, 0.15) is 6.92 Å². The molecule has 1 amide bonds. The predicted octanol–water partition coefficient (Wildman–Crippen LogP) is 1.56. The highest BCUT2D eigenvalue weighted by molar-refractivity contribution is 5.92. The molecule has 3 heterocycles. The maximum Gasteiger partial charge on any atom is 0.227 e. The van der Waals surface area contributed by atoms with Crippen molar-refractivity contribution in [1.82, 2.24) is 10.3 Å². The van der Waals surface area contributed by atoms with Crippen LogP contribution in [0.4, 0.5) is 11.5 Å². The van der Waals surface area contributed by atoms with Gasteiger partial charge in [0.25, 0.3) is 0 Å². The van der Waals surface area contributed by atoms with Crippen LogP contribution in [-0.4, -0.2) is 50.3 Å². The van der Waals surface area contributed by atoms with Gasteiger partial charge in [0.2, 0.25) is 5.91 Å². The van der Waals surface area contributed by atoms with Gasteiger partial charge in [-0.15, -0.1) is 24.8 Å². The molecule has 6 nitrogen and oxygen atoms in total. The number of hydrogen-bond acceptors (Lipinski definition) is 5. The number of nitrogens with one attached hydrogen (secondary N) is 2. The van der Waals surface area contributed by atoms with Crippen molar-refractivity contribution in [1.29, 1.82) is 0 Å². The summed E-state index contributed by atoms with van der Waals surface area (Å²) < 4.78 is 5.33. The molecule has 1 unspecified atom stereocenters. The highest BCUT2D eigenvalue weighted by atomic mass is 35.5. The summed E-state index contributed by atoms with van der Waals surface area (Å²) in [5, 5.41) is 6.15. The summed E-state index contributed by atoms with van der Waals surface area (Å²) in [4.78, 5) is 18.8. The Morgan fingerprint density at radius 3 is 2.57 bits per heavy atom. The number of morpholine rings is 1. The van der Waals surface area contributed by atoms with Crippen LogP contribution >= 0.6 is 24.8 Å². The van der Waals surface area contributed by atoms with Crippen molar-refractivity contribution in [2.75, 3.05) is 49.6 Å². The van der Waals surface area contributed by atoms with Gasteiger partial charge in [0, 0.05) is 19.0 Å². The topological polar surface area (TPSA) is 66.5 Å². The van der Waals surface area contributed by atoms with E-state index in [1.165, 1.54) is 0 Å². The molecule has 1 aromatic rings. The summed E-state index contributed by atoms with van der Waals surface area (Å²) in [6.45, 7) is 7.07. The van der Waals surface area contributed by atoms with Crippen molar-refractivity contribution in [3.63, 3.8) is 0 Å². The SMILES string of the molecule is CC(C(=O)Nc1ccc(N2CCOCC2)nc1)C1CNC1.Cl.Cl. The number of nitrogens with zero attached hydrogens (tertiary/aromatic N) is 2. The Labute approximate surface area is 149 Å². The summed E-state index contributed by atoms with van der Waals surface area (Å²) in [5.74, 6) is 1.49. The first-order chi connectivity index (χ1) is 10.2. The largest absolute Gasteiger partial charge is 0.378 e. The number of carbonyl (C=O) groups is 1. The molecule has 2 aliphatic heterocycles. The lowest BCUT2D eigenvalue weighted by Gasteiger charge is -2.31. The average molecular weight is 363 g/mol. The number of carbonyl (C=O) groups excluding carboxylic acids is 1. The lowest BCUT2D eigenvalue weighted by molar-refractivity contribution is -0.121. The molecule has 1 aromatic heterocycles. The number of anilines is 2. The summed E-state index contributed by atoms with van der Waals surface area (Å²) in [6, 6.07) is 3.87. The Kier molecular flexibility index (Phi) is 8.05. The zero-order valence-corrected chi connectivity index (χ0v) is 14.8. The van der Waals surface area contributed by atoms with Crippen LogP contribution in [0.5, 0.6) is 0 Å². The normalized spacial score (nSPS) is 18.9. The van der Waals surface area contributed by atoms with Gasteiger partial charge in [-0.1, -0.05) is 6.92 Å². The fraction of sp³-hybridized carbons (Fsp3) is 0.600. The maximum absolute atomic E-state index is 12.1. The summed E-state index contributed by atoms with van der Waals surface area (Å²) in [7, 11) is 0. The third kappa shape index (κ3) is 4.94. The molecular weight excluding hydrogens is 339 g/mol. The van der Waals surface area contributed by atoms with Crippen LogP contribution in [0.25, 0.3) is 0 Å². The molecule has 0 spiro atoms. The zero-order valence-electron chi connectivity index (χ0n) is 13.2. The second kappa shape index (κ2) is 9.27. The van der Waals surface area contributed by atoms with Gasteiger partial charge in [0.15, 0.2) is 0 Å². The van der Waals surface area contributed by atoms with E-state index in [9.17, 15) is 4.79 Å². The maximum atomic E-state index is 12.1. The fourth-order valence-corrected chi connectivity index (χ4v) is 2.57. The van der Waals surface area contributed by atoms with E-state index in [2.05, 4.69) is 20.5 Å². The Balaban J connectivity index is 0.00000132. The monoisotopic (exact) mass is 362 g/mol. The van der Waals surface area contributed by atoms with Gasteiger partial charge < -0.3 is 20.3 Å². The molecule has 3 rings (SSSR count). The number of rotatable bonds is 4. The lowest BCUT2D eigenvalue weighted by atomic mass is 9.88. The molecular formula is C15H24Cl2N4O2. The third-order valence-electron chi connectivity index (χ3n) is 4.28. The van der Waals surface area contributed by atoms with Crippen LogP contribution in [0.2, 0.25) is 0 Å². The van der Waals surface area contributed by atoms with E-state index < -0.39 is 0 Å². The van der Waals surface area contributed by atoms with Crippen molar-refractivity contribution in [2.24, 2.45) is 11.8 Å². The number of hydrogen-bond donors (Lipinski definition) is 2. The van der Waals surface area contributed by atoms with E-state index in [4.69, 9.17) is 4.74 Å². The van der Waals surface area contributed by atoms with Crippen LogP contribution in [0, 0.1) is 11.8 Å². The summed E-state index contributed by atoms with van der Waals surface area (Å²) >= 11 is 0. The van der Waals surface area contributed by atoms with Gasteiger partial charge in [-0.2, -0.15) is 0 Å². The zero-order chi connectivity index (χ0) is 14.7. The molecule has 0 radical (unpaired) electrons. The van der Waals surface area contributed by atoms with Gasteiger partial charge in [0.1, 0.15) is 5.82 Å². The van der Waals surface area contributed by atoms with Crippen molar-refractivity contribution < 1.29 is 9.53 Å². The quantitative estimate of drug-likeness (QED) is 0.850. The molecule has 2 aliphatic rings. The van der Waals surface area contributed by atoms with E-state index in [-0.39, 0.29) is 36.6 Å². The first-order valence-electron chi connectivity index (χ1n) is 7.54. The Hall–Kier alpha value is -1.08. The number of pyridine rings is 1. The number of aromatic nitrogens is 1. The first-order valence-corrected chi connectivity index (χ1v) is 7.54. The van der Waals surface area contributed by atoms with Gasteiger partial charge in [-0.3, -0.25) is 4.79 Å². The van der Waals surface area contributed by atoms with Gasteiger partial charge >= 0.3 is 0 Å². The van der Waals surface area contributed by atoms with E-state index in [1.54, 1.807) is 6.20 Å². The van der Waals surface area contributed by atoms with Crippen LogP contribution in [0.15, 0.2) is 18.3 Å². The molecule has 23 heavy (non-hydrogen) atoms. The van der Waals surface area contributed by atoms with Crippen LogP contribution < -0.4 is 15.5 Å². The van der Waals surface area contributed by atoms with Crippen LogP contribution in [0.3, 0.4) is 0 Å². The number of amides is 1. The highest BCUT2D eigenvalue weighted by Gasteiger charge is 2.28. The molecule has 130 valence electrons. The van der Waals surface area contributed by atoms with Crippen molar-refractivity contribution in [3.05, 3.63) is 18.3 Å². The Bertz CT molecular complexity index is 491. The summed E-state index contributed by atoms with van der Waals surface area (Å²) in [6.07, 6.45) is 1.73. The van der Waals surface area contributed by atoms with E-state index in [1.807, 2.05) is 19.1 Å². The first kappa shape index (κ1) is 20.0. The van der Waals surface area contributed by atoms with Crippen molar-refractivity contribution >= 4 is 42.2 Å². The number of ether oxygens (including phenoxy) is 1. The van der Waals surface area contributed by atoms with Gasteiger partial charge in [-0.25, -0.2) is 4.98 Å². The van der Waals surface area contributed by atoms with Crippen molar-refractivity contribution in [2.45, 2.75) is 6.92 Å². The molecule has 1 atom stereocenters. The summed E-state index contributed by atoms with van der Waals surface area (Å²) in [5.41, 5.74) is 0.760. The molecule has 8 heteroatoms. The molecule has 0 aliphatic carbocycles. The Morgan fingerprint density at radius 1 is 1.35 bits per heavy atom. The van der Waals surface area contributed by atoms with Gasteiger partial charge in [0.05, 0.1) is 25.1 Å². The third-order valence-corrected chi connectivity index (χ3v) is 4.28. The molecule has 2 fully saturated rings. The highest BCUT2D eigenvalue weighted by Crippen LogP contribution is 2.19. The predicted molar refractivity (Wildman–Crippen MR) is 95.9 cm³/mol. The minimum absolute atomic E-state index is 0. The minimum Gasteiger partial charge on any atom is -0.378 e. The van der Waals surface area contributed by atoms with Crippen molar-refractivity contribution in [3.8, 4) is 0 Å². The average Bonchev–Trinajstić information content (AvgIpc) is 2.47. The number of halogens is 2. The lowest BCUT2D eigenvalue weighted by Crippen LogP contribution is -2.48. The van der Waals surface area contributed by atoms with Crippen LogP contribution in [-0.2, 0) is 9.53 Å². The minimum atomic E-state index is 0. The molecule has 0 aromatic carbocycles.